The molecular formula is C59H88O12Si2. The number of methoxy groups -OCH3 is 1. The quantitative estimate of drug-likeness (QED) is 0.0417. The average Bonchev–Trinajstić information content (AvgIpc) is 3.76. The van der Waals surface area contributed by atoms with Crippen LogP contribution in [0.1, 0.15) is 126 Å². The molecule has 1 N–H and O–H groups in total. The van der Waals surface area contributed by atoms with Gasteiger partial charge < -0.3 is 47.8 Å². The molecule has 14 heteroatoms. The third kappa shape index (κ3) is 20.8. The van der Waals surface area contributed by atoms with Gasteiger partial charge in [-0.1, -0.05) is 98.6 Å². The second kappa shape index (κ2) is 27.6. The number of ether oxygens (including phenoxy) is 8. The molecular weight excluding hydrogens is 957 g/mol. The van der Waals surface area contributed by atoms with Crippen molar-refractivity contribution >= 4 is 34.4 Å². The highest BCUT2D eigenvalue weighted by Crippen LogP contribution is 2.34. The van der Waals surface area contributed by atoms with Crippen LogP contribution >= 0.6 is 0 Å². The van der Waals surface area contributed by atoms with Gasteiger partial charge in [0.1, 0.15) is 24.1 Å². The van der Waals surface area contributed by atoms with Gasteiger partial charge in [0.05, 0.1) is 56.4 Å². The van der Waals surface area contributed by atoms with Crippen molar-refractivity contribution in [3.63, 3.8) is 0 Å². The Hall–Kier alpha value is -4.18. The molecule has 5 rings (SSSR count). The maximum atomic E-state index is 13.1. The second-order valence-electron chi connectivity index (χ2n) is 23.3. The van der Waals surface area contributed by atoms with Gasteiger partial charge in [-0.3, -0.25) is 0 Å². The van der Waals surface area contributed by atoms with Crippen LogP contribution in [0, 0.1) is 39.5 Å². The summed E-state index contributed by atoms with van der Waals surface area (Å²) >= 11 is 0. The molecule has 0 bridgehead atoms. The van der Waals surface area contributed by atoms with E-state index in [4.69, 9.17) is 37.9 Å². The van der Waals surface area contributed by atoms with E-state index in [9.17, 15) is 19.5 Å². The van der Waals surface area contributed by atoms with Crippen molar-refractivity contribution in [2.75, 3.05) is 20.3 Å². The summed E-state index contributed by atoms with van der Waals surface area (Å²) in [5.74, 6) is 4.81. The fraction of sp³-hybridized carbons (Fsp3) is 0.610. The lowest BCUT2D eigenvalue weighted by Crippen LogP contribution is -2.34. The average molecular weight is 1050 g/mol. The maximum Gasteiger partial charge on any atom is 0.338 e. The van der Waals surface area contributed by atoms with Gasteiger partial charge in [0.15, 0.2) is 17.9 Å². The Bertz CT molecular complexity index is 2340. The predicted molar refractivity (Wildman–Crippen MR) is 294 cm³/mol. The standard InChI is InChI=1S/C36H52O7Si.C23H36O5Si/c1-25-22-26(2)33(35(38)40-20-21-44(7,8)9)29(23-25)13-11-15-32-34(43-36(4,5)42-32)31(37)14-10-12-27(3)41-24-28-16-18-30(39-6)19-17-28;1-16-13-17(2)21(22(25)26-11-12-29(5,6)7)18(14-16)9-8-10-19-20(15-24)28-23(3,4)27-19/h16-19,22-23,27,31-32,34,37H,11-13,15,20-21,24H2,1-9H3;13-15,19-20H,8-12H2,1-7H3/t27-,31?,32+,34-;19-,20+/m10/s1. The van der Waals surface area contributed by atoms with E-state index < -0.39 is 46.0 Å². The number of aldehydes is 1. The third-order valence-electron chi connectivity index (χ3n) is 12.8. The summed E-state index contributed by atoms with van der Waals surface area (Å²) in [6, 6.07) is 17.9. The number of hydrogen-bond acceptors (Lipinski definition) is 12. The number of rotatable bonds is 23. The fourth-order valence-electron chi connectivity index (χ4n) is 9.09. The lowest BCUT2D eigenvalue weighted by atomic mass is 9.93. The Balaban J connectivity index is 0.000000345. The van der Waals surface area contributed by atoms with E-state index in [1.807, 2.05) is 98.7 Å². The van der Waals surface area contributed by atoms with E-state index in [2.05, 4.69) is 63.3 Å². The third-order valence-corrected chi connectivity index (χ3v) is 16.2. The first kappa shape index (κ1) is 61.4. The van der Waals surface area contributed by atoms with E-state index in [0.29, 0.717) is 56.6 Å². The van der Waals surface area contributed by atoms with Crippen LogP contribution < -0.4 is 4.74 Å². The summed E-state index contributed by atoms with van der Waals surface area (Å²) in [5, 5.41) is 11.0. The number of aliphatic hydroxyl groups excluding tert-OH is 1. The SMILES string of the molecule is COc1ccc(CO[C@H](C)CC#CC(O)[C@H]2OC(C)(C)O[C@H]2CCCc2cc(C)cc(C)c2C(=O)OCC[Si](C)(C)C)cc1.Cc1cc(C)c(C(=O)OCC[Si](C)(C)C)c(CCC[C@@H]2OC(C)(C)O[C@@H]2C=O)c1. The molecule has 2 aliphatic heterocycles. The second-order valence-corrected chi connectivity index (χ2v) is 34.5. The van der Waals surface area contributed by atoms with Crippen LogP contribution in [0.15, 0.2) is 48.5 Å². The lowest BCUT2D eigenvalue weighted by Gasteiger charge is -2.20. The van der Waals surface area contributed by atoms with Crippen molar-refractivity contribution in [2.24, 2.45) is 0 Å². The molecule has 0 aromatic heterocycles. The molecule has 2 saturated heterocycles. The number of hydrogen-bond donors (Lipinski definition) is 1. The lowest BCUT2D eigenvalue weighted by molar-refractivity contribution is -0.152. The van der Waals surface area contributed by atoms with Crippen LogP contribution in [-0.2, 0) is 57.4 Å². The molecule has 6 atom stereocenters. The first-order valence-electron chi connectivity index (χ1n) is 26.2. The Morgan fingerprint density at radius 3 is 1.68 bits per heavy atom. The minimum Gasteiger partial charge on any atom is -0.497 e. The highest BCUT2D eigenvalue weighted by Gasteiger charge is 2.44. The van der Waals surface area contributed by atoms with Crippen LogP contribution in [0.5, 0.6) is 5.75 Å². The van der Waals surface area contributed by atoms with Crippen LogP contribution in [-0.4, -0.2) is 108 Å². The number of carbonyl (C=O) groups is 3. The van der Waals surface area contributed by atoms with Crippen LogP contribution in [0.3, 0.4) is 0 Å². The Morgan fingerprint density at radius 2 is 1.21 bits per heavy atom. The number of benzene rings is 3. The molecule has 3 aromatic rings. The van der Waals surface area contributed by atoms with Crippen molar-refractivity contribution in [3.05, 3.63) is 98.6 Å². The topological polar surface area (TPSA) is 145 Å². The number of esters is 2. The van der Waals surface area contributed by atoms with Crippen molar-refractivity contribution in [3.8, 4) is 17.6 Å². The summed E-state index contributed by atoms with van der Waals surface area (Å²) in [7, 11) is -0.909. The first-order chi connectivity index (χ1) is 34.1. The summed E-state index contributed by atoms with van der Waals surface area (Å²) in [4.78, 5) is 37.2. The van der Waals surface area contributed by atoms with Gasteiger partial charge in [-0.2, -0.15) is 0 Å². The Morgan fingerprint density at radius 1 is 0.726 bits per heavy atom. The van der Waals surface area contributed by atoms with Gasteiger partial charge in [0, 0.05) is 22.6 Å². The molecule has 0 aliphatic carbocycles. The molecule has 73 heavy (non-hydrogen) atoms. The summed E-state index contributed by atoms with van der Waals surface area (Å²) in [6.45, 7) is 32.4. The van der Waals surface area contributed by atoms with Gasteiger partial charge in [0.25, 0.3) is 0 Å². The summed E-state index contributed by atoms with van der Waals surface area (Å²) < 4.78 is 46.2. The Kier molecular flexibility index (Phi) is 23.2. The molecule has 1 unspecified atom stereocenters. The number of carbonyl (C=O) groups excluding carboxylic acids is 3. The largest absolute Gasteiger partial charge is 0.497 e. The molecule has 0 spiro atoms. The van der Waals surface area contributed by atoms with E-state index in [1.54, 1.807) is 7.11 Å². The van der Waals surface area contributed by atoms with Gasteiger partial charge in [-0.25, -0.2) is 9.59 Å². The van der Waals surface area contributed by atoms with E-state index in [0.717, 1.165) is 82.3 Å². The molecule has 404 valence electrons. The van der Waals surface area contributed by atoms with E-state index in [-0.39, 0.29) is 30.3 Å². The zero-order valence-corrected chi connectivity index (χ0v) is 49.1. The maximum absolute atomic E-state index is 13.1. The normalized spacial score (nSPS) is 20.0. The van der Waals surface area contributed by atoms with Crippen LogP contribution in [0.4, 0.5) is 0 Å². The zero-order chi connectivity index (χ0) is 54.3. The van der Waals surface area contributed by atoms with Crippen LogP contribution in [0.2, 0.25) is 51.4 Å². The molecule has 0 saturated carbocycles. The molecule has 3 aromatic carbocycles. The van der Waals surface area contributed by atoms with Gasteiger partial charge >= 0.3 is 11.9 Å². The van der Waals surface area contributed by atoms with Gasteiger partial charge in [-0.15, -0.1) is 0 Å². The zero-order valence-electron chi connectivity index (χ0n) is 47.1. The summed E-state index contributed by atoms with van der Waals surface area (Å²) in [5.41, 5.74) is 8.52. The molecule has 0 amide bonds. The smallest absolute Gasteiger partial charge is 0.338 e. The fourth-order valence-corrected chi connectivity index (χ4v) is 10.5. The molecule has 12 nitrogen and oxygen atoms in total. The molecule has 2 aliphatic rings. The van der Waals surface area contributed by atoms with Crippen molar-refractivity contribution in [1.82, 2.24) is 0 Å². The predicted octanol–water partition coefficient (Wildman–Crippen LogP) is 11.8. The van der Waals surface area contributed by atoms with Gasteiger partial charge in [0.2, 0.25) is 0 Å². The van der Waals surface area contributed by atoms with Crippen molar-refractivity contribution < 1.29 is 57.4 Å². The Labute approximate surface area is 439 Å². The van der Waals surface area contributed by atoms with Gasteiger partial charge in [-0.05, 0) is 153 Å². The highest BCUT2D eigenvalue weighted by molar-refractivity contribution is 6.76. The van der Waals surface area contributed by atoms with Crippen molar-refractivity contribution in [1.29, 1.82) is 0 Å². The molecule has 0 radical (unpaired) electrons. The van der Waals surface area contributed by atoms with Crippen LogP contribution in [0.25, 0.3) is 0 Å². The monoisotopic (exact) mass is 1040 g/mol. The highest BCUT2D eigenvalue weighted by atomic mass is 28.3. The number of aryl methyl sites for hydroxylation is 6. The molecule has 2 heterocycles. The van der Waals surface area contributed by atoms with Crippen molar-refractivity contribution in [2.45, 2.75) is 213 Å². The minimum atomic E-state index is -1.30. The van der Waals surface area contributed by atoms with E-state index >= 15 is 0 Å². The number of aliphatic hydroxyl groups is 1. The minimum absolute atomic E-state index is 0.0982. The summed E-state index contributed by atoms with van der Waals surface area (Å²) in [6.07, 6.45) is 2.87. The van der Waals surface area contributed by atoms with E-state index in [1.165, 1.54) is 0 Å². The molecule has 2 fully saturated rings. The first-order valence-corrected chi connectivity index (χ1v) is 33.6.